The number of ketones is 1. The van der Waals surface area contributed by atoms with Gasteiger partial charge in [-0.2, -0.15) is 11.8 Å². The molecule has 0 bridgehead atoms. The van der Waals surface area contributed by atoms with Crippen molar-refractivity contribution in [3.8, 4) is 0 Å². The maximum absolute atomic E-state index is 12.9. The molecule has 0 unspecified atom stereocenters. The molecule has 0 aliphatic heterocycles. The molecule has 0 aliphatic carbocycles. The van der Waals surface area contributed by atoms with E-state index in [1.165, 1.54) is 19.3 Å². The molecule has 6 heteroatoms. The second-order valence-electron chi connectivity index (χ2n) is 9.05. The van der Waals surface area contributed by atoms with Gasteiger partial charge >= 0.3 is 0 Å². The second-order valence-corrected chi connectivity index (χ2v) is 10.8. The van der Waals surface area contributed by atoms with Gasteiger partial charge in [-0.05, 0) is 72.0 Å². The van der Waals surface area contributed by atoms with Crippen LogP contribution in [0.25, 0.3) is 0 Å². The zero-order valence-electron chi connectivity index (χ0n) is 20.6. The van der Waals surface area contributed by atoms with Crippen LogP contribution in [0.3, 0.4) is 0 Å². The first-order valence-corrected chi connectivity index (χ1v) is 13.1. The highest BCUT2D eigenvalue weighted by Gasteiger charge is 2.37. The lowest BCUT2D eigenvalue weighted by molar-refractivity contribution is -0.130. The van der Waals surface area contributed by atoms with Crippen LogP contribution in [-0.2, 0) is 9.59 Å². The summed E-state index contributed by atoms with van der Waals surface area (Å²) in [5.74, 6) is 1.10. The lowest BCUT2D eigenvalue weighted by Gasteiger charge is -2.34. The Bertz CT molecular complexity index is 456. The molecule has 0 spiro atoms. The van der Waals surface area contributed by atoms with Gasteiger partial charge in [0.1, 0.15) is 6.04 Å². The summed E-state index contributed by atoms with van der Waals surface area (Å²) in [6.45, 7) is 13.4. The molecule has 0 fully saturated rings. The highest BCUT2D eigenvalue weighted by molar-refractivity contribution is 8.00. The minimum absolute atomic E-state index is 0.0136. The van der Waals surface area contributed by atoms with Gasteiger partial charge in [-0.15, -0.1) is 0 Å². The molecule has 3 N–H and O–H groups in total. The summed E-state index contributed by atoms with van der Waals surface area (Å²) >= 11 is 1.82. The molecular weight excluding hydrogens is 394 g/mol. The van der Waals surface area contributed by atoms with Crippen molar-refractivity contribution < 1.29 is 9.59 Å². The number of hydrogen-bond acceptors (Lipinski definition) is 5. The molecule has 5 nitrogen and oxygen atoms in total. The first-order chi connectivity index (χ1) is 14.3. The Morgan fingerprint density at radius 1 is 0.900 bits per heavy atom. The molecule has 0 rings (SSSR count). The monoisotopic (exact) mass is 443 g/mol. The van der Waals surface area contributed by atoms with Crippen molar-refractivity contribution in [2.45, 2.75) is 103 Å². The number of carbonyl (C=O) groups excluding carboxylic acids is 2. The zero-order chi connectivity index (χ0) is 22.8. The van der Waals surface area contributed by atoms with Crippen molar-refractivity contribution in [1.29, 1.82) is 0 Å². The minimum atomic E-state index is -0.423. The Morgan fingerprint density at radius 2 is 1.50 bits per heavy atom. The summed E-state index contributed by atoms with van der Waals surface area (Å²) in [6, 6.07) is -0.423. The molecule has 30 heavy (non-hydrogen) atoms. The van der Waals surface area contributed by atoms with Gasteiger partial charge < -0.3 is 16.0 Å². The average Bonchev–Trinajstić information content (AvgIpc) is 2.70. The topological polar surface area (TPSA) is 70.2 Å². The SMILES string of the molecule is CCNCCCCCCSC(C)(C)[C@H](NC(=O)CCCCCCNC)C(=O)C(C)C. The van der Waals surface area contributed by atoms with E-state index in [0.29, 0.717) is 6.42 Å². The van der Waals surface area contributed by atoms with E-state index in [-0.39, 0.29) is 22.4 Å². The average molecular weight is 444 g/mol. The van der Waals surface area contributed by atoms with Crippen molar-refractivity contribution in [1.82, 2.24) is 16.0 Å². The van der Waals surface area contributed by atoms with Crippen LogP contribution in [-0.4, -0.2) is 54.9 Å². The fraction of sp³-hybridized carbons (Fsp3) is 0.917. The quantitative estimate of drug-likeness (QED) is 0.241. The molecule has 0 aromatic rings. The van der Waals surface area contributed by atoms with E-state index in [1.807, 2.05) is 32.7 Å². The van der Waals surface area contributed by atoms with Gasteiger partial charge in [0.05, 0.1) is 0 Å². The van der Waals surface area contributed by atoms with Crippen LogP contribution < -0.4 is 16.0 Å². The van der Waals surface area contributed by atoms with Crippen LogP contribution in [0.5, 0.6) is 0 Å². The van der Waals surface area contributed by atoms with Crippen LogP contribution >= 0.6 is 11.8 Å². The number of Topliss-reactive ketones (excluding diaryl/α,β-unsaturated/α-hetero) is 1. The van der Waals surface area contributed by atoms with Crippen molar-refractivity contribution in [2.75, 3.05) is 32.4 Å². The van der Waals surface area contributed by atoms with Gasteiger partial charge in [0.25, 0.3) is 0 Å². The summed E-state index contributed by atoms with van der Waals surface area (Å²) in [5, 5.41) is 9.59. The summed E-state index contributed by atoms with van der Waals surface area (Å²) in [7, 11) is 1.96. The number of amides is 1. The smallest absolute Gasteiger partial charge is 0.220 e. The van der Waals surface area contributed by atoms with E-state index in [9.17, 15) is 9.59 Å². The molecule has 0 aromatic heterocycles. The maximum Gasteiger partial charge on any atom is 0.220 e. The highest BCUT2D eigenvalue weighted by atomic mass is 32.2. The minimum Gasteiger partial charge on any atom is -0.345 e. The molecule has 0 saturated carbocycles. The van der Waals surface area contributed by atoms with E-state index in [0.717, 1.165) is 57.5 Å². The van der Waals surface area contributed by atoms with E-state index < -0.39 is 6.04 Å². The predicted molar refractivity (Wildman–Crippen MR) is 132 cm³/mol. The fourth-order valence-electron chi connectivity index (χ4n) is 3.40. The van der Waals surface area contributed by atoms with Crippen LogP contribution in [0.15, 0.2) is 0 Å². The van der Waals surface area contributed by atoms with Gasteiger partial charge in [0, 0.05) is 17.1 Å². The lowest BCUT2D eigenvalue weighted by Crippen LogP contribution is -2.53. The number of thioether (sulfide) groups is 1. The number of hydrogen-bond donors (Lipinski definition) is 3. The summed E-state index contributed by atoms with van der Waals surface area (Å²) < 4.78 is -0.298. The van der Waals surface area contributed by atoms with E-state index >= 15 is 0 Å². The van der Waals surface area contributed by atoms with Gasteiger partial charge in [0.15, 0.2) is 5.78 Å². The van der Waals surface area contributed by atoms with Gasteiger partial charge in [-0.25, -0.2) is 0 Å². The van der Waals surface area contributed by atoms with E-state index in [4.69, 9.17) is 0 Å². The Morgan fingerprint density at radius 3 is 2.10 bits per heavy atom. The molecule has 0 saturated heterocycles. The number of nitrogens with one attached hydrogen (secondary N) is 3. The first-order valence-electron chi connectivity index (χ1n) is 12.1. The molecule has 0 aliphatic rings. The third-order valence-corrected chi connectivity index (χ3v) is 6.88. The molecular formula is C24H49N3O2S. The largest absolute Gasteiger partial charge is 0.345 e. The van der Waals surface area contributed by atoms with Gasteiger partial charge in [-0.3, -0.25) is 9.59 Å². The summed E-state index contributed by atoms with van der Waals surface area (Å²) in [4.78, 5) is 25.4. The first kappa shape index (κ1) is 29.4. The third kappa shape index (κ3) is 14.4. The van der Waals surface area contributed by atoms with Crippen molar-refractivity contribution in [3.05, 3.63) is 0 Å². The number of unbranched alkanes of at least 4 members (excludes halogenated alkanes) is 6. The normalized spacial score (nSPS) is 12.9. The molecule has 178 valence electrons. The Hall–Kier alpha value is -0.590. The Labute approximate surface area is 190 Å². The van der Waals surface area contributed by atoms with Crippen molar-refractivity contribution in [2.24, 2.45) is 5.92 Å². The van der Waals surface area contributed by atoms with Gasteiger partial charge in [-0.1, -0.05) is 46.5 Å². The van der Waals surface area contributed by atoms with Crippen molar-refractivity contribution >= 4 is 23.5 Å². The zero-order valence-corrected chi connectivity index (χ0v) is 21.4. The molecule has 1 amide bonds. The maximum atomic E-state index is 12.9. The molecule has 0 aromatic carbocycles. The van der Waals surface area contributed by atoms with Gasteiger partial charge in [0.2, 0.25) is 5.91 Å². The predicted octanol–water partition coefficient (Wildman–Crippen LogP) is 4.55. The Kier molecular flexibility index (Phi) is 17.7. The summed E-state index contributed by atoms with van der Waals surface area (Å²) in [6.07, 6.45) is 9.58. The highest BCUT2D eigenvalue weighted by Crippen LogP contribution is 2.31. The number of rotatable bonds is 20. The van der Waals surface area contributed by atoms with Crippen LogP contribution in [0, 0.1) is 5.92 Å². The third-order valence-electron chi connectivity index (χ3n) is 5.41. The molecule has 1 atom stereocenters. The molecule has 0 radical (unpaired) electrons. The van der Waals surface area contributed by atoms with Crippen LogP contribution in [0.4, 0.5) is 0 Å². The second kappa shape index (κ2) is 18.0. The van der Waals surface area contributed by atoms with E-state index in [1.54, 1.807) is 0 Å². The van der Waals surface area contributed by atoms with Crippen LogP contribution in [0.2, 0.25) is 0 Å². The number of carbonyl (C=O) groups is 2. The van der Waals surface area contributed by atoms with E-state index in [2.05, 4.69) is 36.7 Å². The standard InChI is InChI=1S/C24H49N3O2S/c1-7-26-18-14-10-11-15-19-30-24(4,5)23(22(29)20(2)3)27-21(28)16-12-8-9-13-17-25-6/h20,23,25-26H,7-19H2,1-6H3,(H,27,28)/t23-/m1/s1. The summed E-state index contributed by atoms with van der Waals surface area (Å²) in [5.41, 5.74) is 0. The lowest BCUT2D eigenvalue weighted by atomic mass is 9.92. The Balaban J connectivity index is 4.45. The fourth-order valence-corrected chi connectivity index (χ4v) is 4.61. The van der Waals surface area contributed by atoms with Crippen molar-refractivity contribution in [3.63, 3.8) is 0 Å². The molecule has 0 heterocycles. The van der Waals surface area contributed by atoms with Crippen LogP contribution in [0.1, 0.15) is 92.4 Å².